The smallest absolute Gasteiger partial charge is 0.325 e. The third-order valence-electron chi connectivity index (χ3n) is 4.55. The Kier molecular flexibility index (Phi) is 6.85. The summed E-state index contributed by atoms with van der Waals surface area (Å²) in [6, 6.07) is 8.23. The van der Waals surface area contributed by atoms with Gasteiger partial charge in [0.1, 0.15) is 0 Å². The van der Waals surface area contributed by atoms with Crippen molar-refractivity contribution in [2.75, 3.05) is 42.6 Å². The van der Waals surface area contributed by atoms with Crippen molar-refractivity contribution in [2.24, 2.45) is 5.41 Å². The van der Waals surface area contributed by atoms with Crippen molar-refractivity contribution < 1.29 is 9.90 Å². The zero-order chi connectivity index (χ0) is 20.0. The molecule has 3 N–H and O–H groups in total. The predicted molar refractivity (Wildman–Crippen MR) is 111 cm³/mol. The van der Waals surface area contributed by atoms with Gasteiger partial charge >= 0.3 is 6.03 Å². The molecule has 1 aromatic carbocycles. The summed E-state index contributed by atoms with van der Waals surface area (Å²) in [5, 5.41) is 32.1. The van der Waals surface area contributed by atoms with Crippen molar-refractivity contribution in [2.45, 2.75) is 17.7 Å². The maximum absolute atomic E-state index is 12.0. The molecule has 2 heterocycles. The predicted octanol–water partition coefficient (Wildman–Crippen LogP) is 2.85. The lowest BCUT2D eigenvalue weighted by molar-refractivity contribution is 0.146. The van der Waals surface area contributed by atoms with Gasteiger partial charge in [-0.05, 0) is 37.2 Å². The second-order valence-corrected chi connectivity index (χ2v) is 9.30. The number of carbonyl (C=O) groups is 1. The molecule has 28 heavy (non-hydrogen) atoms. The molecule has 3 rings (SSSR count). The zero-order valence-corrected chi connectivity index (χ0v) is 17.1. The molecule has 1 saturated heterocycles. The number of carbonyl (C=O) groups excluding carboxylic acids is 1. The van der Waals surface area contributed by atoms with E-state index in [4.69, 9.17) is 5.26 Å². The van der Waals surface area contributed by atoms with Gasteiger partial charge in [-0.25, -0.2) is 4.79 Å². The first-order valence-electron chi connectivity index (χ1n) is 8.87. The fraction of sp³-hybridized carbons (Fsp3) is 0.444. The Bertz CT molecular complexity index is 851. The van der Waals surface area contributed by atoms with Crippen LogP contribution in [0.1, 0.15) is 18.9 Å². The first kappa shape index (κ1) is 20.5. The molecule has 1 fully saturated rings. The number of anilines is 2. The average molecular weight is 419 g/mol. The van der Waals surface area contributed by atoms with E-state index in [9.17, 15) is 9.90 Å². The quantitative estimate of drug-likeness (QED) is 0.468. The van der Waals surface area contributed by atoms with Gasteiger partial charge in [0.2, 0.25) is 5.13 Å². The Morgan fingerprint density at radius 1 is 1.39 bits per heavy atom. The summed E-state index contributed by atoms with van der Waals surface area (Å²) < 4.78 is 0.804. The zero-order valence-electron chi connectivity index (χ0n) is 15.5. The minimum Gasteiger partial charge on any atom is -0.396 e. The lowest BCUT2D eigenvalue weighted by Gasteiger charge is -2.21. The maximum Gasteiger partial charge on any atom is 0.325 e. The molecule has 0 saturated carbocycles. The number of thioether (sulfide) groups is 1. The van der Waals surface area contributed by atoms with Crippen LogP contribution < -0.4 is 10.6 Å². The fourth-order valence-corrected chi connectivity index (χ4v) is 4.73. The standard InChI is InChI=1S/C18H22N6O2S2/c1-18(12-25)6-7-24(11-18)8-9-27-17-23-22-16(28-17)21-15(26)20-14-4-2-13(10-19)3-5-14/h2-5,25H,6-9,11-12H2,1H3,(H2,20,21,22,26)/t18-/m1/s1. The first-order chi connectivity index (χ1) is 13.5. The Labute approximate surface area is 172 Å². The van der Waals surface area contributed by atoms with Crippen molar-refractivity contribution in [1.82, 2.24) is 15.1 Å². The molecule has 148 valence electrons. The van der Waals surface area contributed by atoms with E-state index in [0.717, 1.165) is 36.1 Å². The number of nitrogens with one attached hydrogen (secondary N) is 2. The third-order valence-corrected chi connectivity index (χ3v) is 6.50. The molecule has 0 bridgehead atoms. The van der Waals surface area contributed by atoms with Gasteiger partial charge in [-0.1, -0.05) is 30.0 Å². The van der Waals surface area contributed by atoms with Crippen LogP contribution in [0.4, 0.5) is 15.6 Å². The van der Waals surface area contributed by atoms with Gasteiger partial charge < -0.3 is 15.3 Å². The first-order valence-corrected chi connectivity index (χ1v) is 10.7. The van der Waals surface area contributed by atoms with Crippen molar-refractivity contribution in [3.63, 3.8) is 0 Å². The van der Waals surface area contributed by atoms with E-state index in [1.165, 1.54) is 11.3 Å². The van der Waals surface area contributed by atoms with Gasteiger partial charge in [-0.15, -0.1) is 10.2 Å². The number of rotatable bonds is 7. The number of urea groups is 1. The molecule has 1 atom stereocenters. The molecule has 2 aromatic rings. The van der Waals surface area contributed by atoms with Crippen molar-refractivity contribution >= 4 is 39.9 Å². The molecule has 8 nitrogen and oxygen atoms in total. The highest BCUT2D eigenvalue weighted by molar-refractivity contribution is 8.01. The molecule has 10 heteroatoms. The van der Waals surface area contributed by atoms with Gasteiger partial charge in [0.15, 0.2) is 4.34 Å². The Morgan fingerprint density at radius 2 is 2.18 bits per heavy atom. The fourth-order valence-electron chi connectivity index (χ4n) is 2.91. The number of aliphatic hydroxyl groups is 1. The number of likely N-dealkylation sites (tertiary alicyclic amines) is 1. The van der Waals surface area contributed by atoms with Crippen LogP contribution in [0.15, 0.2) is 28.6 Å². The highest BCUT2D eigenvalue weighted by Gasteiger charge is 2.32. The molecule has 0 spiro atoms. The molecular formula is C18H22N6O2S2. The summed E-state index contributed by atoms with van der Waals surface area (Å²) in [5.74, 6) is 0.883. The van der Waals surface area contributed by atoms with E-state index in [2.05, 4.69) is 32.7 Å². The average Bonchev–Trinajstić information content (AvgIpc) is 3.29. The van der Waals surface area contributed by atoms with Crippen LogP contribution in [0.5, 0.6) is 0 Å². The third kappa shape index (κ3) is 5.65. The summed E-state index contributed by atoms with van der Waals surface area (Å²) in [6.07, 6.45) is 1.02. The summed E-state index contributed by atoms with van der Waals surface area (Å²) in [4.78, 5) is 14.4. The SMILES string of the molecule is C[C@@]1(CO)CCN(CCSc2nnc(NC(=O)Nc3ccc(C#N)cc3)s2)C1. The Morgan fingerprint density at radius 3 is 2.86 bits per heavy atom. The van der Waals surface area contributed by atoms with Crippen LogP contribution >= 0.6 is 23.1 Å². The van der Waals surface area contributed by atoms with Crippen LogP contribution in [0.2, 0.25) is 0 Å². The number of hydrogen-bond donors (Lipinski definition) is 3. The Hall–Kier alpha value is -2.19. The molecule has 1 aliphatic rings. The van der Waals surface area contributed by atoms with Crippen molar-refractivity contribution in [3.05, 3.63) is 29.8 Å². The lowest BCUT2D eigenvalue weighted by atomic mass is 9.91. The summed E-state index contributed by atoms with van der Waals surface area (Å²) >= 11 is 2.94. The number of hydrogen-bond acceptors (Lipinski definition) is 8. The van der Waals surface area contributed by atoms with Crippen LogP contribution in [0.25, 0.3) is 0 Å². The van der Waals surface area contributed by atoms with Gasteiger partial charge in [0, 0.05) is 36.6 Å². The van der Waals surface area contributed by atoms with E-state index in [0.29, 0.717) is 16.4 Å². The van der Waals surface area contributed by atoms with Crippen LogP contribution in [-0.2, 0) is 0 Å². The minimum absolute atomic E-state index is 0.0206. The van der Waals surface area contributed by atoms with Gasteiger partial charge in [0.05, 0.1) is 11.6 Å². The van der Waals surface area contributed by atoms with Gasteiger partial charge in [-0.2, -0.15) is 5.26 Å². The normalized spacial score (nSPS) is 19.3. The second kappa shape index (κ2) is 9.34. The van der Waals surface area contributed by atoms with Crippen molar-refractivity contribution in [3.8, 4) is 6.07 Å². The Balaban J connectivity index is 1.41. The van der Waals surface area contributed by atoms with Crippen molar-refractivity contribution in [1.29, 1.82) is 5.26 Å². The number of nitriles is 1. The van der Waals surface area contributed by atoms with Gasteiger partial charge in [-0.3, -0.25) is 5.32 Å². The summed E-state index contributed by atoms with van der Waals surface area (Å²) in [5.41, 5.74) is 1.15. The van der Waals surface area contributed by atoms with E-state index in [1.54, 1.807) is 36.0 Å². The monoisotopic (exact) mass is 418 g/mol. The molecule has 1 aliphatic heterocycles. The summed E-state index contributed by atoms with van der Waals surface area (Å²) in [6.45, 7) is 5.21. The van der Waals surface area contributed by atoms with E-state index in [-0.39, 0.29) is 12.0 Å². The van der Waals surface area contributed by atoms with E-state index in [1.807, 2.05) is 6.07 Å². The number of aliphatic hydroxyl groups excluding tert-OH is 1. The van der Waals surface area contributed by atoms with E-state index < -0.39 is 6.03 Å². The molecule has 0 unspecified atom stereocenters. The highest BCUT2D eigenvalue weighted by Crippen LogP contribution is 2.30. The number of amides is 2. The lowest BCUT2D eigenvalue weighted by Crippen LogP contribution is -2.29. The van der Waals surface area contributed by atoms with Gasteiger partial charge in [0.25, 0.3) is 0 Å². The number of benzene rings is 1. The molecule has 0 aliphatic carbocycles. The molecule has 2 amide bonds. The topological polar surface area (TPSA) is 114 Å². The largest absolute Gasteiger partial charge is 0.396 e. The molecule has 1 aromatic heterocycles. The van der Waals surface area contributed by atoms with Crippen LogP contribution in [0.3, 0.4) is 0 Å². The highest BCUT2D eigenvalue weighted by atomic mass is 32.2. The number of aromatic nitrogens is 2. The van der Waals surface area contributed by atoms with Crippen LogP contribution in [-0.4, -0.2) is 58.2 Å². The number of nitrogens with zero attached hydrogens (tertiary/aromatic N) is 4. The molecular weight excluding hydrogens is 396 g/mol. The second-order valence-electron chi connectivity index (χ2n) is 6.98. The molecule has 0 radical (unpaired) electrons. The minimum atomic E-state index is -0.405. The van der Waals surface area contributed by atoms with Crippen LogP contribution in [0, 0.1) is 16.7 Å². The van der Waals surface area contributed by atoms with E-state index >= 15 is 0 Å². The summed E-state index contributed by atoms with van der Waals surface area (Å²) in [7, 11) is 0. The maximum atomic E-state index is 12.0.